The lowest BCUT2D eigenvalue weighted by Gasteiger charge is -2.30. The highest BCUT2D eigenvalue weighted by Gasteiger charge is 2.29. The molecule has 1 fully saturated rings. The second kappa shape index (κ2) is 12.8. The highest BCUT2D eigenvalue weighted by Crippen LogP contribution is 2.28. The molecule has 1 N–H and O–H groups in total. The second-order valence-electron chi connectivity index (χ2n) is 10.00. The summed E-state index contributed by atoms with van der Waals surface area (Å²) in [6.45, 7) is 5.96. The van der Waals surface area contributed by atoms with Crippen molar-refractivity contribution in [3.63, 3.8) is 0 Å². The predicted molar refractivity (Wildman–Crippen MR) is 149 cm³/mol. The Morgan fingerprint density at radius 2 is 1.78 bits per heavy atom. The fourth-order valence-corrected chi connectivity index (χ4v) is 6.02. The van der Waals surface area contributed by atoms with Gasteiger partial charge in [-0.25, -0.2) is 8.42 Å². The van der Waals surface area contributed by atoms with Crippen LogP contribution in [0.15, 0.2) is 42.5 Å². The fourth-order valence-electron chi connectivity index (χ4n) is 4.83. The monoisotopic (exact) mass is 547 g/mol. The van der Waals surface area contributed by atoms with E-state index >= 15 is 0 Å². The minimum Gasteiger partial charge on any atom is -0.352 e. The standard InChI is InChI=1S/C28H38ClN3O4S/c1-20-10-7-11-23(18-20)19-31(22(3)28(34)30-24-12-5-6-13-24)27(33)16-9-17-32(37(4,35)36)26-15-8-14-25(29)21(26)2/h7-8,10-11,14-15,18,22,24H,5-6,9,12-13,16-17,19H2,1-4H3,(H,30,34)/t22-/m1/s1. The molecule has 2 aromatic rings. The molecule has 1 aliphatic carbocycles. The van der Waals surface area contributed by atoms with Crippen molar-refractivity contribution in [1.82, 2.24) is 10.2 Å². The van der Waals surface area contributed by atoms with E-state index in [0.29, 0.717) is 29.2 Å². The molecule has 1 saturated carbocycles. The summed E-state index contributed by atoms with van der Waals surface area (Å²) in [7, 11) is -3.59. The van der Waals surface area contributed by atoms with Crippen LogP contribution < -0.4 is 9.62 Å². The molecule has 37 heavy (non-hydrogen) atoms. The number of aryl methyl sites for hydroxylation is 1. The molecule has 0 radical (unpaired) electrons. The number of benzene rings is 2. The van der Waals surface area contributed by atoms with E-state index in [9.17, 15) is 18.0 Å². The Bertz CT molecular complexity index is 1210. The quantitative estimate of drug-likeness (QED) is 0.430. The number of carbonyl (C=O) groups is 2. The lowest BCUT2D eigenvalue weighted by atomic mass is 10.1. The average Bonchev–Trinajstić information content (AvgIpc) is 3.34. The van der Waals surface area contributed by atoms with Crippen LogP contribution in [0.5, 0.6) is 0 Å². The van der Waals surface area contributed by atoms with Crippen LogP contribution in [0.1, 0.15) is 62.1 Å². The molecule has 3 rings (SSSR count). The normalized spacial score (nSPS) is 14.8. The lowest BCUT2D eigenvalue weighted by molar-refractivity contribution is -0.141. The minimum atomic E-state index is -3.59. The van der Waals surface area contributed by atoms with Gasteiger partial charge in [0.05, 0.1) is 11.9 Å². The summed E-state index contributed by atoms with van der Waals surface area (Å²) in [5, 5.41) is 3.59. The van der Waals surface area contributed by atoms with Gasteiger partial charge in [-0.05, 0) is 63.3 Å². The predicted octanol–water partition coefficient (Wildman–Crippen LogP) is 4.98. The number of rotatable bonds is 11. The highest BCUT2D eigenvalue weighted by atomic mass is 35.5. The Morgan fingerprint density at radius 3 is 2.43 bits per heavy atom. The third-order valence-electron chi connectivity index (χ3n) is 6.96. The van der Waals surface area contributed by atoms with E-state index < -0.39 is 16.1 Å². The number of amides is 2. The van der Waals surface area contributed by atoms with Crippen LogP contribution in [0.3, 0.4) is 0 Å². The van der Waals surface area contributed by atoms with Crippen LogP contribution in [-0.4, -0.2) is 50.0 Å². The van der Waals surface area contributed by atoms with Gasteiger partial charge in [0.25, 0.3) is 0 Å². The topological polar surface area (TPSA) is 86.8 Å². The Kier molecular flexibility index (Phi) is 10.0. The molecule has 0 bridgehead atoms. The van der Waals surface area contributed by atoms with Gasteiger partial charge >= 0.3 is 0 Å². The maximum Gasteiger partial charge on any atom is 0.242 e. The molecule has 7 nitrogen and oxygen atoms in total. The first-order valence-corrected chi connectivity index (χ1v) is 15.1. The number of nitrogens with one attached hydrogen (secondary N) is 1. The molecule has 202 valence electrons. The second-order valence-corrected chi connectivity index (χ2v) is 12.3. The van der Waals surface area contributed by atoms with Gasteiger partial charge in [-0.15, -0.1) is 0 Å². The van der Waals surface area contributed by atoms with Crippen molar-refractivity contribution in [1.29, 1.82) is 0 Å². The van der Waals surface area contributed by atoms with Crippen molar-refractivity contribution in [2.24, 2.45) is 0 Å². The van der Waals surface area contributed by atoms with Crippen LogP contribution >= 0.6 is 11.6 Å². The molecule has 0 unspecified atom stereocenters. The number of hydrogen-bond acceptors (Lipinski definition) is 4. The maximum absolute atomic E-state index is 13.5. The zero-order valence-corrected chi connectivity index (χ0v) is 23.7. The van der Waals surface area contributed by atoms with Gasteiger partial charge < -0.3 is 10.2 Å². The fraction of sp³-hybridized carbons (Fsp3) is 0.500. The van der Waals surface area contributed by atoms with E-state index in [1.807, 2.05) is 31.2 Å². The van der Waals surface area contributed by atoms with Crippen LogP contribution in [0, 0.1) is 13.8 Å². The largest absolute Gasteiger partial charge is 0.352 e. The number of sulfonamides is 1. The van der Waals surface area contributed by atoms with Gasteiger partial charge in [-0.1, -0.05) is 60.3 Å². The lowest BCUT2D eigenvalue weighted by Crippen LogP contribution is -2.49. The van der Waals surface area contributed by atoms with Gasteiger partial charge in [0.15, 0.2) is 0 Å². The molecule has 0 heterocycles. The average molecular weight is 548 g/mol. The molecule has 9 heteroatoms. The Labute approximate surface area is 226 Å². The summed E-state index contributed by atoms with van der Waals surface area (Å²) in [6.07, 6.45) is 5.71. The van der Waals surface area contributed by atoms with Gasteiger partial charge in [0, 0.05) is 30.6 Å². The van der Waals surface area contributed by atoms with Crippen molar-refractivity contribution in [3.8, 4) is 0 Å². The van der Waals surface area contributed by atoms with Crippen LogP contribution in [-0.2, 0) is 26.2 Å². The van der Waals surface area contributed by atoms with E-state index in [1.165, 1.54) is 4.31 Å². The van der Waals surface area contributed by atoms with Crippen molar-refractivity contribution in [2.75, 3.05) is 17.1 Å². The third kappa shape index (κ3) is 7.95. The van der Waals surface area contributed by atoms with Gasteiger partial charge in [-0.2, -0.15) is 0 Å². The molecule has 2 amide bonds. The zero-order chi connectivity index (χ0) is 27.2. The van der Waals surface area contributed by atoms with Crippen LogP contribution in [0.2, 0.25) is 5.02 Å². The van der Waals surface area contributed by atoms with Crippen molar-refractivity contribution >= 4 is 39.1 Å². The Morgan fingerprint density at radius 1 is 1.11 bits per heavy atom. The molecule has 0 aromatic heterocycles. The van der Waals surface area contributed by atoms with E-state index in [2.05, 4.69) is 5.32 Å². The number of halogens is 1. The first-order valence-electron chi connectivity index (χ1n) is 12.9. The van der Waals surface area contributed by atoms with Crippen molar-refractivity contribution in [2.45, 2.75) is 77.9 Å². The summed E-state index contributed by atoms with van der Waals surface area (Å²) in [5.41, 5.74) is 3.19. The van der Waals surface area contributed by atoms with Crippen molar-refractivity contribution < 1.29 is 18.0 Å². The van der Waals surface area contributed by atoms with E-state index in [-0.39, 0.29) is 30.8 Å². The smallest absolute Gasteiger partial charge is 0.242 e. The number of nitrogens with zero attached hydrogens (tertiary/aromatic N) is 2. The van der Waals surface area contributed by atoms with Gasteiger partial charge in [0.1, 0.15) is 6.04 Å². The molecular formula is C28H38ClN3O4S. The first kappa shape index (κ1) is 29.0. The summed E-state index contributed by atoms with van der Waals surface area (Å²) >= 11 is 6.23. The molecule has 1 aliphatic rings. The van der Waals surface area contributed by atoms with E-state index in [4.69, 9.17) is 11.6 Å². The minimum absolute atomic E-state index is 0.110. The summed E-state index contributed by atoms with van der Waals surface area (Å²) in [6, 6.07) is 12.5. The summed E-state index contributed by atoms with van der Waals surface area (Å²) in [5.74, 6) is -0.341. The Balaban J connectivity index is 1.74. The third-order valence-corrected chi connectivity index (χ3v) is 8.55. The van der Waals surface area contributed by atoms with E-state index in [1.54, 1.807) is 36.9 Å². The first-order chi connectivity index (χ1) is 17.5. The Hall–Kier alpha value is -2.58. The highest BCUT2D eigenvalue weighted by molar-refractivity contribution is 7.92. The molecule has 1 atom stereocenters. The number of hydrogen-bond donors (Lipinski definition) is 1. The zero-order valence-electron chi connectivity index (χ0n) is 22.2. The van der Waals surface area contributed by atoms with Gasteiger partial charge in [-0.3, -0.25) is 13.9 Å². The van der Waals surface area contributed by atoms with Crippen LogP contribution in [0.25, 0.3) is 0 Å². The van der Waals surface area contributed by atoms with E-state index in [0.717, 1.165) is 43.1 Å². The van der Waals surface area contributed by atoms with Gasteiger partial charge in [0.2, 0.25) is 21.8 Å². The maximum atomic E-state index is 13.5. The summed E-state index contributed by atoms with van der Waals surface area (Å²) < 4.78 is 26.4. The number of anilines is 1. The molecule has 0 spiro atoms. The molecular weight excluding hydrogens is 510 g/mol. The SMILES string of the molecule is Cc1cccc(CN(C(=O)CCCN(c2cccc(Cl)c2C)S(C)(=O)=O)[C@H](C)C(=O)NC2CCCC2)c1. The number of carbonyl (C=O) groups excluding carboxylic acids is 2. The molecule has 2 aromatic carbocycles. The molecule has 0 saturated heterocycles. The van der Waals surface area contributed by atoms with Crippen LogP contribution in [0.4, 0.5) is 5.69 Å². The summed E-state index contributed by atoms with van der Waals surface area (Å²) in [4.78, 5) is 28.1. The molecule has 0 aliphatic heterocycles. The van der Waals surface area contributed by atoms with Crippen molar-refractivity contribution in [3.05, 3.63) is 64.2 Å².